The van der Waals surface area contributed by atoms with Crippen LogP contribution in [0.3, 0.4) is 0 Å². The van der Waals surface area contributed by atoms with Crippen molar-refractivity contribution < 1.29 is 0 Å². The molecule has 0 aromatic carbocycles. The van der Waals surface area contributed by atoms with Gasteiger partial charge < -0.3 is 4.98 Å². The number of nitrogens with zero attached hydrogens (tertiary/aromatic N) is 1. The predicted octanol–water partition coefficient (Wildman–Crippen LogP) is 5.37. The molecule has 0 saturated carbocycles. The lowest BCUT2D eigenvalue weighted by Crippen LogP contribution is -2.19. The van der Waals surface area contributed by atoms with Crippen LogP contribution < -0.4 is 0 Å². The summed E-state index contributed by atoms with van der Waals surface area (Å²) in [6, 6.07) is 0. The first-order valence-corrected chi connectivity index (χ1v) is 7.81. The van der Waals surface area contributed by atoms with Crippen LogP contribution in [-0.4, -0.2) is 9.97 Å². The number of hydrogen-bond donors (Lipinski definition) is 1. The van der Waals surface area contributed by atoms with E-state index in [4.69, 9.17) is 4.98 Å². The van der Waals surface area contributed by atoms with Crippen LogP contribution in [0.1, 0.15) is 97.3 Å². The van der Waals surface area contributed by atoms with Crippen LogP contribution in [0.25, 0.3) is 0 Å². The second-order valence-corrected chi connectivity index (χ2v) is 7.21. The zero-order valence-corrected chi connectivity index (χ0v) is 14.1. The summed E-state index contributed by atoms with van der Waals surface area (Å²) >= 11 is 0. The van der Waals surface area contributed by atoms with Crippen LogP contribution in [-0.2, 0) is 5.41 Å². The zero-order valence-electron chi connectivity index (χ0n) is 14.1. The third kappa shape index (κ3) is 3.61. The Labute approximate surface area is 119 Å². The van der Waals surface area contributed by atoms with Gasteiger partial charge in [-0.3, -0.25) is 0 Å². The minimum absolute atomic E-state index is 0.146. The summed E-state index contributed by atoms with van der Waals surface area (Å²) in [5.74, 6) is 2.83. The standard InChI is InChI=1S/C17H32N2/c1-9-10-17(7,8)16-18-14(12(4)5)15(19-16)13(6)11(2)3/h11-13H,9-10H2,1-8H3,(H,18,19). The first-order valence-electron chi connectivity index (χ1n) is 7.81. The van der Waals surface area contributed by atoms with Crippen molar-refractivity contribution in [2.75, 3.05) is 0 Å². The molecule has 0 bridgehead atoms. The molecule has 0 radical (unpaired) electrons. The van der Waals surface area contributed by atoms with E-state index in [1.807, 2.05) is 0 Å². The smallest absolute Gasteiger partial charge is 0.112 e. The number of hydrogen-bond acceptors (Lipinski definition) is 1. The summed E-state index contributed by atoms with van der Waals surface area (Å²) in [7, 11) is 0. The van der Waals surface area contributed by atoms with Gasteiger partial charge in [-0.25, -0.2) is 4.98 Å². The first-order chi connectivity index (χ1) is 8.70. The van der Waals surface area contributed by atoms with Crippen LogP contribution in [0.2, 0.25) is 0 Å². The molecule has 0 aliphatic rings. The Bertz CT molecular complexity index is 399. The lowest BCUT2D eigenvalue weighted by molar-refractivity contribution is 0.445. The normalized spacial score (nSPS) is 14.4. The fourth-order valence-electron chi connectivity index (χ4n) is 2.58. The molecule has 1 aromatic heterocycles. The molecule has 2 nitrogen and oxygen atoms in total. The lowest BCUT2D eigenvalue weighted by atomic mass is 9.87. The van der Waals surface area contributed by atoms with Gasteiger partial charge in [-0.15, -0.1) is 0 Å². The van der Waals surface area contributed by atoms with E-state index < -0.39 is 0 Å². The summed E-state index contributed by atoms with van der Waals surface area (Å²) in [6.07, 6.45) is 2.37. The Kier molecular flexibility index (Phi) is 5.23. The molecule has 2 heteroatoms. The van der Waals surface area contributed by atoms with E-state index in [9.17, 15) is 0 Å². The predicted molar refractivity (Wildman–Crippen MR) is 83.9 cm³/mol. The maximum absolute atomic E-state index is 4.95. The number of imidazole rings is 1. The van der Waals surface area contributed by atoms with Gasteiger partial charge in [0.05, 0.1) is 5.69 Å². The Morgan fingerprint density at radius 3 is 2.11 bits per heavy atom. The fraction of sp³-hybridized carbons (Fsp3) is 0.824. The largest absolute Gasteiger partial charge is 0.345 e. The Balaban J connectivity index is 3.21. The zero-order chi connectivity index (χ0) is 14.8. The molecule has 1 atom stereocenters. The molecule has 110 valence electrons. The molecule has 1 aromatic rings. The van der Waals surface area contributed by atoms with Gasteiger partial charge in [-0.05, 0) is 18.3 Å². The molecular formula is C17H32N2. The fourth-order valence-corrected chi connectivity index (χ4v) is 2.58. The highest BCUT2D eigenvalue weighted by Crippen LogP contribution is 2.33. The maximum atomic E-state index is 4.95. The van der Waals surface area contributed by atoms with Crippen molar-refractivity contribution in [3.05, 3.63) is 17.2 Å². The molecule has 0 aliphatic carbocycles. The third-order valence-electron chi connectivity index (χ3n) is 4.28. The highest BCUT2D eigenvalue weighted by Gasteiger charge is 2.28. The number of rotatable bonds is 6. The number of H-pyrrole nitrogens is 1. The minimum Gasteiger partial charge on any atom is -0.345 e. The van der Waals surface area contributed by atoms with Crippen LogP contribution >= 0.6 is 0 Å². The van der Waals surface area contributed by atoms with Gasteiger partial charge in [0.2, 0.25) is 0 Å². The van der Waals surface area contributed by atoms with Gasteiger partial charge in [0.1, 0.15) is 5.82 Å². The molecule has 0 spiro atoms. The summed E-state index contributed by atoms with van der Waals surface area (Å²) < 4.78 is 0. The highest BCUT2D eigenvalue weighted by molar-refractivity contribution is 5.25. The van der Waals surface area contributed by atoms with Crippen molar-refractivity contribution in [2.45, 2.75) is 85.5 Å². The number of nitrogens with one attached hydrogen (secondary N) is 1. The average molecular weight is 264 g/mol. The molecule has 1 N–H and O–H groups in total. The number of aromatic nitrogens is 2. The monoisotopic (exact) mass is 264 g/mol. The van der Waals surface area contributed by atoms with Gasteiger partial charge in [-0.2, -0.15) is 0 Å². The van der Waals surface area contributed by atoms with Gasteiger partial charge in [0.25, 0.3) is 0 Å². The molecule has 0 saturated heterocycles. The third-order valence-corrected chi connectivity index (χ3v) is 4.28. The van der Waals surface area contributed by atoms with E-state index in [2.05, 4.69) is 60.4 Å². The Hall–Kier alpha value is -0.790. The highest BCUT2D eigenvalue weighted by atomic mass is 15.0. The SMILES string of the molecule is CCCC(C)(C)c1nc(C(C)C)c(C(C)C(C)C)[nH]1. The van der Waals surface area contributed by atoms with E-state index in [1.54, 1.807) is 0 Å². The van der Waals surface area contributed by atoms with Crippen molar-refractivity contribution in [1.29, 1.82) is 0 Å². The van der Waals surface area contributed by atoms with Crippen molar-refractivity contribution in [1.82, 2.24) is 9.97 Å². The summed E-state index contributed by atoms with van der Waals surface area (Å²) in [5.41, 5.74) is 2.76. The molecule has 1 rings (SSSR count). The maximum Gasteiger partial charge on any atom is 0.112 e. The van der Waals surface area contributed by atoms with Gasteiger partial charge >= 0.3 is 0 Å². The van der Waals surface area contributed by atoms with Crippen molar-refractivity contribution in [3.8, 4) is 0 Å². The quantitative estimate of drug-likeness (QED) is 0.735. The molecule has 1 unspecified atom stereocenters. The Morgan fingerprint density at radius 2 is 1.68 bits per heavy atom. The molecule has 0 aliphatic heterocycles. The van der Waals surface area contributed by atoms with E-state index in [0.29, 0.717) is 17.8 Å². The average Bonchev–Trinajstić information content (AvgIpc) is 2.73. The molecular weight excluding hydrogens is 232 g/mol. The van der Waals surface area contributed by atoms with E-state index in [-0.39, 0.29) is 5.41 Å². The van der Waals surface area contributed by atoms with Gasteiger partial charge in [-0.1, -0.05) is 61.8 Å². The van der Waals surface area contributed by atoms with Gasteiger partial charge in [0.15, 0.2) is 0 Å². The van der Waals surface area contributed by atoms with E-state index >= 15 is 0 Å². The summed E-state index contributed by atoms with van der Waals surface area (Å²) in [6.45, 7) is 18.2. The van der Waals surface area contributed by atoms with Crippen molar-refractivity contribution in [2.24, 2.45) is 5.92 Å². The topological polar surface area (TPSA) is 28.7 Å². The number of aromatic amines is 1. The molecule has 19 heavy (non-hydrogen) atoms. The summed E-state index contributed by atoms with van der Waals surface area (Å²) in [4.78, 5) is 8.61. The van der Waals surface area contributed by atoms with Crippen LogP contribution in [0.4, 0.5) is 0 Å². The molecule has 0 fully saturated rings. The van der Waals surface area contributed by atoms with Crippen LogP contribution in [0.5, 0.6) is 0 Å². The van der Waals surface area contributed by atoms with Crippen LogP contribution in [0.15, 0.2) is 0 Å². The summed E-state index contributed by atoms with van der Waals surface area (Å²) in [5, 5.41) is 0. The second-order valence-electron chi connectivity index (χ2n) is 7.21. The second kappa shape index (κ2) is 6.11. The van der Waals surface area contributed by atoms with Crippen molar-refractivity contribution >= 4 is 0 Å². The molecule has 0 amide bonds. The Morgan fingerprint density at radius 1 is 1.11 bits per heavy atom. The van der Waals surface area contributed by atoms with E-state index in [0.717, 1.165) is 0 Å². The lowest BCUT2D eigenvalue weighted by Gasteiger charge is -2.21. The molecule has 1 heterocycles. The van der Waals surface area contributed by atoms with Gasteiger partial charge in [0, 0.05) is 17.0 Å². The van der Waals surface area contributed by atoms with Crippen LogP contribution in [0, 0.1) is 5.92 Å². The first kappa shape index (κ1) is 16.3. The van der Waals surface area contributed by atoms with E-state index in [1.165, 1.54) is 30.1 Å². The van der Waals surface area contributed by atoms with Crippen molar-refractivity contribution in [3.63, 3.8) is 0 Å². The minimum atomic E-state index is 0.146.